The summed E-state index contributed by atoms with van der Waals surface area (Å²) in [6.07, 6.45) is 4.04. The maximum atomic E-state index is 4.69. The van der Waals surface area contributed by atoms with Gasteiger partial charge in [-0.25, -0.2) is 0 Å². The second kappa shape index (κ2) is 7.37. The smallest absolute Gasteiger partial charge is 0.0756 e. The van der Waals surface area contributed by atoms with Crippen LogP contribution in [0.15, 0.2) is 36.5 Å². The number of hydrogen-bond acceptors (Lipinski definition) is 2. The van der Waals surface area contributed by atoms with E-state index in [0.29, 0.717) is 0 Å². The van der Waals surface area contributed by atoms with Gasteiger partial charge in [0.1, 0.15) is 0 Å². The molecule has 0 aliphatic heterocycles. The molecule has 0 radical (unpaired) electrons. The normalized spacial score (nSPS) is 12.4. The molecule has 21 heavy (non-hydrogen) atoms. The van der Waals surface area contributed by atoms with Gasteiger partial charge in [0.2, 0.25) is 0 Å². The Labute approximate surface area is 128 Å². The average molecular weight is 282 g/mol. The summed E-state index contributed by atoms with van der Waals surface area (Å²) >= 11 is 0. The van der Waals surface area contributed by atoms with E-state index >= 15 is 0 Å². The fourth-order valence-electron chi connectivity index (χ4n) is 2.74. The van der Waals surface area contributed by atoms with Crippen LogP contribution in [0.2, 0.25) is 0 Å². The Morgan fingerprint density at radius 1 is 1.10 bits per heavy atom. The third kappa shape index (κ3) is 3.51. The highest BCUT2D eigenvalue weighted by atomic mass is 14.9. The van der Waals surface area contributed by atoms with Crippen LogP contribution in [0.5, 0.6) is 0 Å². The molecule has 0 bridgehead atoms. The second-order valence-corrected chi connectivity index (χ2v) is 5.58. The van der Waals surface area contributed by atoms with Crippen LogP contribution in [-0.4, -0.2) is 11.5 Å². The van der Waals surface area contributed by atoms with Crippen molar-refractivity contribution in [3.63, 3.8) is 0 Å². The average Bonchev–Trinajstić information content (AvgIpc) is 2.52. The van der Waals surface area contributed by atoms with E-state index in [1.165, 1.54) is 27.9 Å². The lowest BCUT2D eigenvalue weighted by molar-refractivity contribution is 0.579. The maximum absolute atomic E-state index is 4.69. The van der Waals surface area contributed by atoms with Crippen molar-refractivity contribution >= 4 is 0 Å². The van der Waals surface area contributed by atoms with Crippen molar-refractivity contribution in [2.24, 2.45) is 0 Å². The lowest BCUT2D eigenvalue weighted by atomic mass is 9.92. The topological polar surface area (TPSA) is 24.9 Å². The van der Waals surface area contributed by atoms with E-state index in [2.05, 4.69) is 62.3 Å². The summed E-state index contributed by atoms with van der Waals surface area (Å²) in [5, 5.41) is 3.68. The molecule has 1 N–H and O–H groups in total. The highest BCUT2D eigenvalue weighted by molar-refractivity contribution is 5.40. The van der Waals surface area contributed by atoms with E-state index in [1.54, 1.807) is 0 Å². The van der Waals surface area contributed by atoms with Crippen molar-refractivity contribution in [2.45, 2.75) is 46.6 Å². The third-order valence-electron chi connectivity index (χ3n) is 4.14. The molecule has 0 fully saturated rings. The number of aryl methyl sites for hydroxylation is 2. The molecule has 1 atom stereocenters. The van der Waals surface area contributed by atoms with Crippen molar-refractivity contribution in [2.75, 3.05) is 6.54 Å². The Balaban J connectivity index is 2.50. The molecule has 1 aromatic carbocycles. The Morgan fingerprint density at radius 3 is 2.62 bits per heavy atom. The molecule has 1 heterocycles. The minimum Gasteiger partial charge on any atom is -0.305 e. The number of nitrogens with zero attached hydrogens (tertiary/aromatic N) is 1. The quantitative estimate of drug-likeness (QED) is 0.852. The first-order chi connectivity index (χ1) is 10.2. The van der Waals surface area contributed by atoms with Gasteiger partial charge in [0.25, 0.3) is 0 Å². The fraction of sp³-hybridized carbons (Fsp3) is 0.421. The minimum absolute atomic E-state index is 0.181. The number of rotatable bonds is 6. The summed E-state index contributed by atoms with van der Waals surface area (Å²) in [4.78, 5) is 4.69. The lowest BCUT2D eigenvalue weighted by Gasteiger charge is -2.23. The number of aromatic nitrogens is 1. The van der Waals surface area contributed by atoms with E-state index in [9.17, 15) is 0 Å². The van der Waals surface area contributed by atoms with Gasteiger partial charge < -0.3 is 5.32 Å². The van der Waals surface area contributed by atoms with Crippen molar-refractivity contribution in [1.29, 1.82) is 0 Å². The zero-order chi connectivity index (χ0) is 15.2. The molecule has 0 saturated carbocycles. The summed E-state index contributed by atoms with van der Waals surface area (Å²) in [6, 6.07) is 10.9. The van der Waals surface area contributed by atoms with Gasteiger partial charge in [0.05, 0.1) is 11.7 Å². The number of hydrogen-bond donors (Lipinski definition) is 1. The molecule has 0 saturated heterocycles. The minimum atomic E-state index is 0.181. The zero-order valence-electron chi connectivity index (χ0n) is 13.6. The van der Waals surface area contributed by atoms with Gasteiger partial charge in [0.15, 0.2) is 0 Å². The van der Waals surface area contributed by atoms with Crippen LogP contribution in [0.3, 0.4) is 0 Å². The van der Waals surface area contributed by atoms with Crippen molar-refractivity contribution in [1.82, 2.24) is 10.3 Å². The van der Waals surface area contributed by atoms with Gasteiger partial charge in [-0.2, -0.15) is 0 Å². The van der Waals surface area contributed by atoms with Crippen molar-refractivity contribution in [3.8, 4) is 0 Å². The molecule has 2 rings (SSSR count). The Morgan fingerprint density at radius 2 is 1.90 bits per heavy atom. The number of nitrogens with one attached hydrogen (secondary N) is 1. The van der Waals surface area contributed by atoms with E-state index in [-0.39, 0.29) is 6.04 Å². The van der Waals surface area contributed by atoms with Crippen LogP contribution >= 0.6 is 0 Å². The van der Waals surface area contributed by atoms with E-state index < -0.39 is 0 Å². The monoisotopic (exact) mass is 282 g/mol. The van der Waals surface area contributed by atoms with E-state index in [0.717, 1.165) is 19.4 Å². The molecule has 1 aromatic heterocycles. The molecule has 0 aliphatic carbocycles. The summed E-state index contributed by atoms with van der Waals surface area (Å²) in [6.45, 7) is 9.78. The highest BCUT2D eigenvalue weighted by Gasteiger charge is 2.19. The van der Waals surface area contributed by atoms with Crippen molar-refractivity contribution in [3.05, 3.63) is 64.5 Å². The summed E-state index contributed by atoms with van der Waals surface area (Å²) in [7, 11) is 0. The SMILES string of the molecule is CCCNC(c1cccc(C)c1C)c1ncccc1CC. The zero-order valence-corrected chi connectivity index (χ0v) is 13.6. The van der Waals surface area contributed by atoms with Crippen LogP contribution < -0.4 is 5.32 Å². The fourth-order valence-corrected chi connectivity index (χ4v) is 2.74. The summed E-state index contributed by atoms with van der Waals surface area (Å²) < 4.78 is 0. The lowest BCUT2D eigenvalue weighted by Crippen LogP contribution is -2.26. The molecule has 0 amide bonds. The first kappa shape index (κ1) is 15.7. The Hall–Kier alpha value is -1.67. The predicted octanol–water partition coefficient (Wildman–Crippen LogP) is 4.35. The largest absolute Gasteiger partial charge is 0.305 e. The van der Waals surface area contributed by atoms with Crippen LogP contribution in [0.25, 0.3) is 0 Å². The first-order valence-electron chi connectivity index (χ1n) is 7.92. The highest BCUT2D eigenvalue weighted by Crippen LogP contribution is 2.27. The molecular weight excluding hydrogens is 256 g/mol. The van der Waals surface area contributed by atoms with Gasteiger partial charge in [0, 0.05) is 6.20 Å². The van der Waals surface area contributed by atoms with E-state index in [4.69, 9.17) is 0 Å². The maximum Gasteiger partial charge on any atom is 0.0756 e. The van der Waals surface area contributed by atoms with Crippen LogP contribution in [0, 0.1) is 13.8 Å². The second-order valence-electron chi connectivity index (χ2n) is 5.58. The number of pyridine rings is 1. The van der Waals surface area contributed by atoms with Gasteiger partial charge in [-0.15, -0.1) is 0 Å². The molecular formula is C19H26N2. The van der Waals surface area contributed by atoms with Crippen LogP contribution in [0.4, 0.5) is 0 Å². The third-order valence-corrected chi connectivity index (χ3v) is 4.14. The van der Waals surface area contributed by atoms with E-state index in [1.807, 2.05) is 12.3 Å². The molecule has 1 unspecified atom stereocenters. The molecule has 2 aromatic rings. The van der Waals surface area contributed by atoms with Gasteiger partial charge in [-0.3, -0.25) is 4.98 Å². The molecule has 0 aliphatic rings. The van der Waals surface area contributed by atoms with Gasteiger partial charge in [-0.05, 0) is 61.6 Å². The standard InChI is InChI=1S/C19H26N2/c1-5-12-20-19(17-11-7-9-14(3)15(17)4)18-16(6-2)10-8-13-21-18/h7-11,13,19-20H,5-6,12H2,1-4H3. The first-order valence-corrected chi connectivity index (χ1v) is 7.92. The van der Waals surface area contributed by atoms with Gasteiger partial charge in [-0.1, -0.05) is 38.1 Å². The Kier molecular flexibility index (Phi) is 5.51. The number of benzene rings is 1. The summed E-state index contributed by atoms with van der Waals surface area (Å²) in [5.41, 5.74) is 6.54. The predicted molar refractivity (Wildman–Crippen MR) is 89.7 cm³/mol. The molecule has 112 valence electrons. The summed E-state index contributed by atoms with van der Waals surface area (Å²) in [5.74, 6) is 0. The van der Waals surface area contributed by atoms with Crippen LogP contribution in [0.1, 0.15) is 54.3 Å². The van der Waals surface area contributed by atoms with Gasteiger partial charge >= 0.3 is 0 Å². The van der Waals surface area contributed by atoms with Crippen LogP contribution in [-0.2, 0) is 6.42 Å². The molecule has 2 heteroatoms. The Bertz CT molecular complexity index is 590. The van der Waals surface area contributed by atoms with Crippen molar-refractivity contribution < 1.29 is 0 Å². The molecule has 2 nitrogen and oxygen atoms in total. The molecule has 0 spiro atoms.